The number of rotatable bonds is 5. The van der Waals surface area contributed by atoms with Crippen LogP contribution in [0.5, 0.6) is 0 Å². The minimum atomic E-state index is 0.180. The van der Waals surface area contributed by atoms with Crippen molar-refractivity contribution in [1.29, 1.82) is 5.26 Å². The summed E-state index contributed by atoms with van der Waals surface area (Å²) in [4.78, 5) is 2.48. The summed E-state index contributed by atoms with van der Waals surface area (Å²) in [5, 5.41) is 8.74. The van der Waals surface area contributed by atoms with Crippen LogP contribution in [-0.4, -0.2) is 24.0 Å². The normalized spacial score (nSPS) is 19.1. The standard InChI is InChI=1S/C11H20N2/c1-9(2)7-13(11-4-5-11)8-10(3)6-12/h9-11H,4-5,7-8H2,1-3H3. The molecular formula is C11H20N2. The zero-order valence-corrected chi connectivity index (χ0v) is 8.95. The highest BCUT2D eigenvalue weighted by molar-refractivity contribution is 4.89. The van der Waals surface area contributed by atoms with Gasteiger partial charge in [-0.25, -0.2) is 0 Å². The smallest absolute Gasteiger partial charge is 0.0666 e. The molecule has 0 radical (unpaired) electrons. The molecule has 0 heterocycles. The molecule has 1 fully saturated rings. The molecule has 1 saturated carbocycles. The summed E-state index contributed by atoms with van der Waals surface area (Å²) in [6, 6.07) is 3.10. The number of hydrogen-bond donors (Lipinski definition) is 0. The Balaban J connectivity index is 2.34. The van der Waals surface area contributed by atoms with E-state index in [-0.39, 0.29) is 5.92 Å². The second-order valence-electron chi connectivity index (χ2n) is 4.61. The van der Waals surface area contributed by atoms with Crippen molar-refractivity contribution in [3.63, 3.8) is 0 Å². The Kier molecular flexibility index (Phi) is 3.74. The van der Waals surface area contributed by atoms with E-state index < -0.39 is 0 Å². The predicted octanol–water partition coefficient (Wildman–Crippen LogP) is 2.27. The van der Waals surface area contributed by atoms with E-state index in [1.165, 1.54) is 12.8 Å². The monoisotopic (exact) mass is 180 g/mol. The Bertz CT molecular complexity index is 189. The van der Waals surface area contributed by atoms with Crippen molar-refractivity contribution in [3.05, 3.63) is 0 Å². The molecule has 1 aliphatic carbocycles. The first-order valence-corrected chi connectivity index (χ1v) is 5.27. The average molecular weight is 180 g/mol. The molecule has 0 N–H and O–H groups in total. The summed E-state index contributed by atoms with van der Waals surface area (Å²) in [7, 11) is 0. The highest BCUT2D eigenvalue weighted by Crippen LogP contribution is 2.28. The fourth-order valence-electron chi connectivity index (χ4n) is 1.67. The fourth-order valence-corrected chi connectivity index (χ4v) is 1.67. The molecule has 13 heavy (non-hydrogen) atoms. The third-order valence-electron chi connectivity index (χ3n) is 2.39. The Morgan fingerprint density at radius 2 is 1.92 bits per heavy atom. The molecule has 1 atom stereocenters. The lowest BCUT2D eigenvalue weighted by Crippen LogP contribution is -2.33. The zero-order chi connectivity index (χ0) is 9.84. The maximum absolute atomic E-state index is 8.74. The molecule has 0 amide bonds. The summed E-state index contributed by atoms with van der Waals surface area (Å²) in [5.74, 6) is 0.894. The van der Waals surface area contributed by atoms with Gasteiger partial charge in [-0.3, -0.25) is 4.90 Å². The quantitative estimate of drug-likeness (QED) is 0.649. The van der Waals surface area contributed by atoms with Crippen molar-refractivity contribution in [1.82, 2.24) is 4.90 Å². The minimum Gasteiger partial charge on any atom is -0.299 e. The molecule has 0 saturated heterocycles. The second-order valence-corrected chi connectivity index (χ2v) is 4.61. The van der Waals surface area contributed by atoms with Crippen LogP contribution in [0.4, 0.5) is 0 Å². The molecule has 1 aliphatic rings. The van der Waals surface area contributed by atoms with Gasteiger partial charge in [0.1, 0.15) is 0 Å². The Labute approximate surface area is 81.5 Å². The van der Waals surface area contributed by atoms with Crippen molar-refractivity contribution in [2.75, 3.05) is 13.1 Å². The lowest BCUT2D eigenvalue weighted by atomic mass is 10.1. The first-order valence-electron chi connectivity index (χ1n) is 5.27. The van der Waals surface area contributed by atoms with Gasteiger partial charge in [0.2, 0.25) is 0 Å². The van der Waals surface area contributed by atoms with Gasteiger partial charge in [-0.05, 0) is 25.7 Å². The topological polar surface area (TPSA) is 27.0 Å². The second kappa shape index (κ2) is 4.62. The molecular weight excluding hydrogens is 160 g/mol. The molecule has 0 bridgehead atoms. The van der Waals surface area contributed by atoms with Gasteiger partial charge in [0.05, 0.1) is 12.0 Å². The predicted molar refractivity (Wildman–Crippen MR) is 54.2 cm³/mol. The van der Waals surface area contributed by atoms with Crippen LogP contribution >= 0.6 is 0 Å². The molecule has 0 spiro atoms. The van der Waals surface area contributed by atoms with Gasteiger partial charge in [0, 0.05) is 19.1 Å². The van der Waals surface area contributed by atoms with Crippen LogP contribution in [0.2, 0.25) is 0 Å². The Morgan fingerprint density at radius 1 is 1.31 bits per heavy atom. The third-order valence-corrected chi connectivity index (χ3v) is 2.39. The van der Waals surface area contributed by atoms with Crippen molar-refractivity contribution in [3.8, 4) is 6.07 Å². The van der Waals surface area contributed by atoms with Crippen molar-refractivity contribution in [2.45, 2.75) is 39.7 Å². The van der Waals surface area contributed by atoms with E-state index in [9.17, 15) is 0 Å². The highest BCUT2D eigenvalue weighted by Gasteiger charge is 2.29. The van der Waals surface area contributed by atoms with E-state index in [4.69, 9.17) is 5.26 Å². The number of nitrogens with zero attached hydrogens (tertiary/aromatic N) is 2. The molecule has 74 valence electrons. The van der Waals surface area contributed by atoms with Crippen molar-refractivity contribution in [2.24, 2.45) is 11.8 Å². The average Bonchev–Trinajstić information content (AvgIpc) is 2.84. The molecule has 2 nitrogen and oxygen atoms in total. The van der Waals surface area contributed by atoms with Gasteiger partial charge < -0.3 is 0 Å². The maximum Gasteiger partial charge on any atom is 0.0666 e. The van der Waals surface area contributed by atoms with Crippen LogP contribution in [0.1, 0.15) is 33.6 Å². The van der Waals surface area contributed by atoms with E-state index >= 15 is 0 Å². The van der Waals surface area contributed by atoms with Gasteiger partial charge in [0.15, 0.2) is 0 Å². The van der Waals surface area contributed by atoms with E-state index in [0.29, 0.717) is 5.92 Å². The van der Waals surface area contributed by atoms with E-state index in [1.807, 2.05) is 6.92 Å². The minimum absolute atomic E-state index is 0.180. The van der Waals surface area contributed by atoms with Crippen LogP contribution in [0.15, 0.2) is 0 Å². The Morgan fingerprint density at radius 3 is 2.31 bits per heavy atom. The van der Waals surface area contributed by atoms with Gasteiger partial charge in [-0.1, -0.05) is 13.8 Å². The molecule has 0 aromatic rings. The van der Waals surface area contributed by atoms with Crippen molar-refractivity contribution < 1.29 is 0 Å². The lowest BCUT2D eigenvalue weighted by Gasteiger charge is -2.24. The molecule has 0 aromatic heterocycles. The molecule has 0 aromatic carbocycles. The number of hydrogen-bond acceptors (Lipinski definition) is 2. The summed E-state index contributed by atoms with van der Waals surface area (Å²) in [5.41, 5.74) is 0. The first kappa shape index (κ1) is 10.5. The van der Waals surface area contributed by atoms with Crippen LogP contribution in [0.3, 0.4) is 0 Å². The van der Waals surface area contributed by atoms with Gasteiger partial charge in [-0.15, -0.1) is 0 Å². The van der Waals surface area contributed by atoms with Crippen LogP contribution in [-0.2, 0) is 0 Å². The maximum atomic E-state index is 8.74. The summed E-state index contributed by atoms with van der Waals surface area (Å²) < 4.78 is 0. The summed E-state index contributed by atoms with van der Waals surface area (Å²) in [6.07, 6.45) is 2.68. The van der Waals surface area contributed by atoms with Crippen molar-refractivity contribution >= 4 is 0 Å². The first-order chi connectivity index (χ1) is 6.13. The third kappa shape index (κ3) is 3.78. The molecule has 1 unspecified atom stereocenters. The Hall–Kier alpha value is -0.550. The van der Waals surface area contributed by atoms with Gasteiger partial charge in [-0.2, -0.15) is 5.26 Å². The highest BCUT2D eigenvalue weighted by atomic mass is 15.2. The molecule has 2 heteroatoms. The van der Waals surface area contributed by atoms with E-state index in [1.54, 1.807) is 0 Å². The van der Waals surface area contributed by atoms with Crippen LogP contribution in [0, 0.1) is 23.2 Å². The molecule has 1 rings (SSSR count). The largest absolute Gasteiger partial charge is 0.299 e. The lowest BCUT2D eigenvalue weighted by molar-refractivity contribution is 0.219. The van der Waals surface area contributed by atoms with E-state index in [0.717, 1.165) is 19.1 Å². The molecule has 0 aliphatic heterocycles. The van der Waals surface area contributed by atoms with Gasteiger partial charge >= 0.3 is 0 Å². The summed E-state index contributed by atoms with van der Waals surface area (Å²) >= 11 is 0. The number of nitriles is 1. The van der Waals surface area contributed by atoms with Crippen LogP contribution in [0.25, 0.3) is 0 Å². The van der Waals surface area contributed by atoms with E-state index in [2.05, 4.69) is 24.8 Å². The summed E-state index contributed by atoms with van der Waals surface area (Å²) in [6.45, 7) is 8.60. The zero-order valence-electron chi connectivity index (χ0n) is 8.95. The van der Waals surface area contributed by atoms with Crippen LogP contribution < -0.4 is 0 Å². The SMILES string of the molecule is CC(C)CN(CC(C)C#N)C1CC1. The van der Waals surface area contributed by atoms with Gasteiger partial charge in [0.25, 0.3) is 0 Å². The fraction of sp³-hybridized carbons (Fsp3) is 0.909.